The Hall–Kier alpha value is -1.35. The maximum absolute atomic E-state index is 4.57. The number of pyridine rings is 1. The van der Waals surface area contributed by atoms with Crippen molar-refractivity contribution < 1.29 is 0 Å². The summed E-state index contributed by atoms with van der Waals surface area (Å²) in [7, 11) is 2.20. The number of hydrogen-bond acceptors (Lipinski definition) is 2. The summed E-state index contributed by atoms with van der Waals surface area (Å²) in [6, 6.07) is 4.34. The third kappa shape index (κ3) is 2.07. The lowest BCUT2D eigenvalue weighted by Gasteiger charge is -2.09. The number of fused-ring (bicyclic) bond motifs is 1. The summed E-state index contributed by atoms with van der Waals surface area (Å²) in [5.41, 5.74) is 2.51. The zero-order chi connectivity index (χ0) is 11.8. The van der Waals surface area contributed by atoms with E-state index in [1.165, 1.54) is 36.4 Å². The minimum Gasteiger partial charge on any atom is -0.306 e. The molecule has 1 unspecified atom stereocenters. The fourth-order valence-corrected chi connectivity index (χ4v) is 2.77. The van der Waals surface area contributed by atoms with Crippen LogP contribution in [0.5, 0.6) is 0 Å². The van der Waals surface area contributed by atoms with Gasteiger partial charge in [-0.05, 0) is 50.6 Å². The Morgan fingerprint density at radius 2 is 2.35 bits per heavy atom. The first-order valence-corrected chi connectivity index (χ1v) is 6.33. The molecule has 1 saturated heterocycles. The Labute approximate surface area is 102 Å². The van der Waals surface area contributed by atoms with Gasteiger partial charge in [-0.15, -0.1) is 0 Å². The number of imidazole rings is 1. The Bertz CT molecular complexity index is 529. The molecule has 1 fully saturated rings. The van der Waals surface area contributed by atoms with Gasteiger partial charge >= 0.3 is 0 Å². The average molecular weight is 229 g/mol. The molecule has 17 heavy (non-hydrogen) atoms. The van der Waals surface area contributed by atoms with Crippen molar-refractivity contribution in [2.45, 2.75) is 19.8 Å². The Morgan fingerprint density at radius 3 is 3.12 bits per heavy atom. The van der Waals surface area contributed by atoms with Crippen molar-refractivity contribution in [1.29, 1.82) is 0 Å². The zero-order valence-electron chi connectivity index (χ0n) is 10.6. The van der Waals surface area contributed by atoms with E-state index in [9.17, 15) is 0 Å². The number of rotatable bonds is 2. The summed E-state index contributed by atoms with van der Waals surface area (Å²) >= 11 is 0. The van der Waals surface area contributed by atoms with Crippen LogP contribution in [0.25, 0.3) is 5.52 Å². The van der Waals surface area contributed by atoms with Gasteiger partial charge in [0, 0.05) is 19.2 Å². The van der Waals surface area contributed by atoms with Gasteiger partial charge in [-0.2, -0.15) is 0 Å². The minimum absolute atomic E-state index is 0.770. The third-order valence-corrected chi connectivity index (χ3v) is 3.72. The average Bonchev–Trinajstić information content (AvgIpc) is 2.86. The predicted molar refractivity (Wildman–Crippen MR) is 69.2 cm³/mol. The van der Waals surface area contributed by atoms with Crippen molar-refractivity contribution >= 4 is 5.52 Å². The number of aryl methyl sites for hydroxylation is 1. The molecule has 3 rings (SSSR count). The molecule has 2 aromatic heterocycles. The summed E-state index contributed by atoms with van der Waals surface area (Å²) < 4.78 is 2.23. The third-order valence-electron chi connectivity index (χ3n) is 3.72. The minimum atomic E-state index is 0.770. The van der Waals surface area contributed by atoms with Crippen molar-refractivity contribution in [2.75, 3.05) is 20.1 Å². The molecule has 1 aliphatic heterocycles. The number of aromatic nitrogens is 2. The largest absolute Gasteiger partial charge is 0.306 e. The van der Waals surface area contributed by atoms with Gasteiger partial charge in [-0.1, -0.05) is 0 Å². The zero-order valence-corrected chi connectivity index (χ0v) is 10.6. The normalized spacial score (nSPS) is 21.4. The van der Waals surface area contributed by atoms with E-state index in [-0.39, 0.29) is 0 Å². The summed E-state index contributed by atoms with van der Waals surface area (Å²) in [4.78, 5) is 6.98. The number of nitrogens with zero attached hydrogens (tertiary/aromatic N) is 3. The molecule has 0 aliphatic carbocycles. The molecule has 0 amide bonds. The quantitative estimate of drug-likeness (QED) is 0.786. The van der Waals surface area contributed by atoms with E-state index in [1.807, 2.05) is 6.20 Å². The molecule has 0 spiro atoms. The van der Waals surface area contributed by atoms with E-state index >= 15 is 0 Å². The molecule has 3 heteroatoms. The highest BCUT2D eigenvalue weighted by Crippen LogP contribution is 2.20. The topological polar surface area (TPSA) is 20.5 Å². The lowest BCUT2D eigenvalue weighted by Crippen LogP contribution is -2.15. The van der Waals surface area contributed by atoms with Gasteiger partial charge in [-0.25, -0.2) is 4.98 Å². The van der Waals surface area contributed by atoms with Crippen LogP contribution >= 0.6 is 0 Å². The molecule has 0 N–H and O–H groups in total. The highest BCUT2D eigenvalue weighted by molar-refractivity contribution is 5.48. The first-order valence-electron chi connectivity index (χ1n) is 6.33. The van der Waals surface area contributed by atoms with Crippen molar-refractivity contribution in [1.82, 2.24) is 14.3 Å². The Balaban J connectivity index is 1.85. The van der Waals surface area contributed by atoms with Crippen molar-refractivity contribution in [3.8, 4) is 0 Å². The van der Waals surface area contributed by atoms with Crippen LogP contribution in [-0.2, 0) is 6.42 Å². The van der Waals surface area contributed by atoms with Gasteiger partial charge in [-0.3, -0.25) is 0 Å². The van der Waals surface area contributed by atoms with Crippen LogP contribution in [-0.4, -0.2) is 34.4 Å². The van der Waals surface area contributed by atoms with Crippen molar-refractivity contribution in [3.63, 3.8) is 0 Å². The molecule has 0 radical (unpaired) electrons. The lowest BCUT2D eigenvalue weighted by atomic mass is 10.0. The second kappa shape index (κ2) is 4.15. The van der Waals surface area contributed by atoms with Crippen LogP contribution in [0.2, 0.25) is 0 Å². The van der Waals surface area contributed by atoms with E-state index < -0.39 is 0 Å². The maximum Gasteiger partial charge on any atom is 0.113 e. The highest BCUT2D eigenvalue weighted by atomic mass is 15.1. The van der Waals surface area contributed by atoms with Crippen molar-refractivity contribution in [3.05, 3.63) is 35.9 Å². The smallest absolute Gasteiger partial charge is 0.113 e. The molecular formula is C14H19N3. The van der Waals surface area contributed by atoms with Crippen LogP contribution in [0, 0.1) is 12.8 Å². The lowest BCUT2D eigenvalue weighted by molar-refractivity contribution is 0.392. The SMILES string of the molecule is Cc1ccn2c(CC3CCN(C)C3)ncc2c1. The molecule has 3 nitrogen and oxygen atoms in total. The predicted octanol–water partition coefficient (Wildman–Crippen LogP) is 2.14. The first-order chi connectivity index (χ1) is 8.22. The van der Waals surface area contributed by atoms with E-state index in [2.05, 4.69) is 46.6 Å². The van der Waals surface area contributed by atoms with Crippen molar-refractivity contribution in [2.24, 2.45) is 5.92 Å². The van der Waals surface area contributed by atoms with Crippen LogP contribution in [0.1, 0.15) is 17.8 Å². The fourth-order valence-electron chi connectivity index (χ4n) is 2.77. The molecule has 0 bridgehead atoms. The molecule has 3 heterocycles. The van der Waals surface area contributed by atoms with Gasteiger partial charge in [0.05, 0.1) is 11.7 Å². The van der Waals surface area contributed by atoms with Gasteiger partial charge in [0.1, 0.15) is 5.82 Å². The van der Waals surface area contributed by atoms with Gasteiger partial charge in [0.15, 0.2) is 0 Å². The standard InChI is InChI=1S/C14H19N3/c1-11-3-6-17-13(7-11)9-15-14(17)8-12-4-5-16(2)10-12/h3,6-7,9,12H,4-5,8,10H2,1-2H3. The van der Waals surface area contributed by atoms with E-state index in [0.29, 0.717) is 0 Å². The fraction of sp³-hybridized carbons (Fsp3) is 0.500. The summed E-state index contributed by atoms with van der Waals surface area (Å²) in [5, 5.41) is 0. The van der Waals surface area contributed by atoms with E-state index in [4.69, 9.17) is 0 Å². The maximum atomic E-state index is 4.57. The highest BCUT2D eigenvalue weighted by Gasteiger charge is 2.21. The van der Waals surface area contributed by atoms with Crippen LogP contribution in [0.15, 0.2) is 24.5 Å². The molecule has 2 aromatic rings. The Kier molecular flexibility index (Phi) is 2.63. The van der Waals surface area contributed by atoms with Crippen LogP contribution < -0.4 is 0 Å². The number of likely N-dealkylation sites (tertiary alicyclic amines) is 1. The van der Waals surface area contributed by atoms with Gasteiger partial charge < -0.3 is 9.30 Å². The molecule has 0 saturated carbocycles. The molecular weight excluding hydrogens is 210 g/mol. The van der Waals surface area contributed by atoms with Gasteiger partial charge in [0.2, 0.25) is 0 Å². The molecule has 90 valence electrons. The second-order valence-electron chi connectivity index (χ2n) is 5.29. The second-order valence-corrected chi connectivity index (χ2v) is 5.29. The monoisotopic (exact) mass is 229 g/mol. The van der Waals surface area contributed by atoms with E-state index in [1.54, 1.807) is 0 Å². The van der Waals surface area contributed by atoms with Crippen LogP contribution in [0.4, 0.5) is 0 Å². The van der Waals surface area contributed by atoms with Gasteiger partial charge in [0.25, 0.3) is 0 Å². The van der Waals surface area contributed by atoms with Crippen LogP contribution in [0.3, 0.4) is 0 Å². The number of hydrogen-bond donors (Lipinski definition) is 0. The summed E-state index contributed by atoms with van der Waals surface area (Å²) in [5.74, 6) is 1.98. The molecule has 0 aromatic carbocycles. The first kappa shape index (κ1) is 10.8. The summed E-state index contributed by atoms with van der Waals surface area (Å²) in [6.07, 6.45) is 6.53. The Morgan fingerprint density at radius 1 is 1.47 bits per heavy atom. The molecule has 1 aliphatic rings. The summed E-state index contributed by atoms with van der Waals surface area (Å²) in [6.45, 7) is 4.56. The molecule has 1 atom stereocenters. The van der Waals surface area contributed by atoms with E-state index in [0.717, 1.165) is 12.3 Å².